The number of morpholine rings is 1. The highest BCUT2D eigenvalue weighted by Crippen LogP contribution is 2.23. The van der Waals surface area contributed by atoms with Crippen molar-refractivity contribution in [3.8, 4) is 0 Å². The van der Waals surface area contributed by atoms with E-state index in [0.29, 0.717) is 41.9 Å². The van der Waals surface area contributed by atoms with Gasteiger partial charge in [0.25, 0.3) is 5.91 Å². The summed E-state index contributed by atoms with van der Waals surface area (Å²) in [6.07, 6.45) is 8.24. The van der Waals surface area contributed by atoms with Crippen molar-refractivity contribution < 1.29 is 13.9 Å². The Bertz CT molecular complexity index is 1400. The Balaban J connectivity index is 0.00000280. The Morgan fingerprint density at radius 3 is 2.95 bits per heavy atom. The fourth-order valence-corrected chi connectivity index (χ4v) is 4.68. The number of nitrogens with zero attached hydrogens (tertiary/aromatic N) is 7. The zero-order valence-electron chi connectivity index (χ0n) is 19.6. The number of rotatable bonds is 7. The molecule has 0 spiro atoms. The molecule has 1 amide bonds. The minimum absolute atomic E-state index is 0. The van der Waals surface area contributed by atoms with Crippen LogP contribution in [0.15, 0.2) is 43.0 Å². The van der Waals surface area contributed by atoms with Crippen molar-refractivity contribution >= 4 is 34.3 Å². The van der Waals surface area contributed by atoms with Crippen LogP contribution in [-0.4, -0.2) is 68.3 Å². The van der Waals surface area contributed by atoms with Crippen LogP contribution in [0.25, 0.3) is 11.0 Å². The van der Waals surface area contributed by atoms with Crippen molar-refractivity contribution in [1.82, 2.24) is 34.8 Å². The minimum Gasteiger partial charge on any atom is -0.370 e. The lowest BCUT2D eigenvalue weighted by atomic mass is 10.1. The van der Waals surface area contributed by atoms with E-state index in [1.165, 1.54) is 12.1 Å². The molecule has 6 rings (SSSR count). The van der Waals surface area contributed by atoms with Crippen LogP contribution in [0, 0.1) is 11.7 Å². The van der Waals surface area contributed by atoms with Crippen LogP contribution in [0.2, 0.25) is 0 Å². The zero-order valence-corrected chi connectivity index (χ0v) is 19.6. The molecule has 194 valence electrons. The maximum absolute atomic E-state index is 14.4. The third-order valence-electron chi connectivity index (χ3n) is 6.45. The molecule has 1 atom stereocenters. The van der Waals surface area contributed by atoms with E-state index >= 15 is 0 Å². The second kappa shape index (κ2) is 10.6. The van der Waals surface area contributed by atoms with Gasteiger partial charge >= 0.3 is 0 Å². The number of ether oxygens (including phenoxy) is 1. The maximum atomic E-state index is 14.4. The third kappa shape index (κ3) is 5.44. The molecule has 2 aliphatic heterocycles. The zero-order chi connectivity index (χ0) is 24.5. The molecule has 2 N–H and O–H groups in total. The number of fused-ring (bicyclic) bond motifs is 1. The number of aromatic nitrogens is 6. The average Bonchev–Trinajstić information content (AvgIpc) is 3.62. The van der Waals surface area contributed by atoms with Gasteiger partial charge in [0.1, 0.15) is 12.4 Å². The molecule has 11 nitrogen and oxygen atoms in total. The van der Waals surface area contributed by atoms with Crippen LogP contribution < -0.4 is 15.5 Å². The number of benzene rings is 1. The van der Waals surface area contributed by atoms with Crippen LogP contribution in [0.5, 0.6) is 0 Å². The van der Waals surface area contributed by atoms with E-state index < -0.39 is 5.82 Å². The van der Waals surface area contributed by atoms with Crippen molar-refractivity contribution in [1.29, 1.82) is 0 Å². The summed E-state index contributed by atoms with van der Waals surface area (Å²) in [5.41, 5.74) is 2.60. The molecule has 3 aromatic heterocycles. The minimum atomic E-state index is -0.416. The van der Waals surface area contributed by atoms with Crippen LogP contribution >= 0.6 is 0 Å². The molecule has 0 aliphatic carbocycles. The van der Waals surface area contributed by atoms with Crippen LogP contribution in [0.4, 0.5) is 21.7 Å². The maximum Gasteiger partial charge on any atom is 0.253 e. The van der Waals surface area contributed by atoms with Gasteiger partial charge in [0.05, 0.1) is 36.6 Å². The lowest BCUT2D eigenvalue weighted by molar-refractivity contribution is -0.125. The highest BCUT2D eigenvalue weighted by atomic mass is 19.1. The quantitative estimate of drug-likeness (QED) is 0.392. The molecular formula is C25H30FN9O2. The van der Waals surface area contributed by atoms with E-state index in [9.17, 15) is 9.18 Å². The van der Waals surface area contributed by atoms with E-state index in [1.54, 1.807) is 34.2 Å². The number of amides is 1. The van der Waals surface area contributed by atoms with Gasteiger partial charge in [-0.25, -0.2) is 14.1 Å². The molecule has 1 unspecified atom stereocenters. The Labute approximate surface area is 213 Å². The fraction of sp³-hybridized carbons (Fsp3) is 0.400. The summed E-state index contributed by atoms with van der Waals surface area (Å²) < 4.78 is 23.3. The molecule has 2 saturated heterocycles. The number of carbonyl (C=O) groups excluding carboxylic acids is 1. The number of anilines is 3. The molecule has 0 radical (unpaired) electrons. The topological polar surface area (TPSA) is 115 Å². The average molecular weight is 508 g/mol. The van der Waals surface area contributed by atoms with Crippen LogP contribution in [0.1, 0.15) is 19.4 Å². The van der Waals surface area contributed by atoms with Crippen LogP contribution in [-0.2, 0) is 22.6 Å². The summed E-state index contributed by atoms with van der Waals surface area (Å²) in [7, 11) is 0. The Kier molecular flexibility index (Phi) is 7.10. The van der Waals surface area contributed by atoms with Crippen molar-refractivity contribution in [3.63, 3.8) is 0 Å². The highest BCUT2D eigenvalue weighted by Gasteiger charge is 2.21. The van der Waals surface area contributed by atoms with Gasteiger partial charge in [-0.15, -0.1) is 0 Å². The van der Waals surface area contributed by atoms with Crippen LogP contribution in [0.3, 0.4) is 0 Å². The first kappa shape index (κ1) is 24.8. The standard InChI is InChI=1S/C24H26FN9O2.CH4/c25-19-5-17(6-21(7-19)33-3-4-36-15-22(33)35)13-34-23-18(10-29-34)9-27-24(31-23)30-20-11-28-32(14-20)12-16-1-2-26-8-16;/h5-7,9-11,14,16,26H,1-4,8,12-13,15H2,(H,27,30,31);1H4. The summed E-state index contributed by atoms with van der Waals surface area (Å²) in [6.45, 7) is 4.04. The molecule has 0 saturated carbocycles. The van der Waals surface area contributed by atoms with Crippen molar-refractivity contribution in [2.75, 3.05) is 43.1 Å². The van der Waals surface area contributed by atoms with Gasteiger partial charge in [-0.05, 0) is 49.2 Å². The molecule has 4 aromatic rings. The number of hydrogen-bond donors (Lipinski definition) is 2. The third-order valence-corrected chi connectivity index (χ3v) is 6.45. The first-order chi connectivity index (χ1) is 17.6. The Morgan fingerprint density at radius 1 is 1.19 bits per heavy atom. The van der Waals surface area contributed by atoms with Crippen molar-refractivity contribution in [2.45, 2.75) is 26.9 Å². The molecule has 5 heterocycles. The molecule has 1 aromatic carbocycles. The molecule has 37 heavy (non-hydrogen) atoms. The number of halogens is 1. The number of carbonyl (C=O) groups is 1. The van der Waals surface area contributed by atoms with E-state index in [2.05, 4.69) is 30.8 Å². The molecule has 2 fully saturated rings. The van der Waals surface area contributed by atoms with Crippen molar-refractivity contribution in [3.05, 3.63) is 54.4 Å². The van der Waals surface area contributed by atoms with Gasteiger partial charge in [0.15, 0.2) is 5.65 Å². The summed E-state index contributed by atoms with van der Waals surface area (Å²) in [4.78, 5) is 22.8. The smallest absolute Gasteiger partial charge is 0.253 e. The second-order valence-electron chi connectivity index (χ2n) is 9.13. The predicted molar refractivity (Wildman–Crippen MR) is 137 cm³/mol. The van der Waals surface area contributed by atoms with Gasteiger partial charge in [-0.3, -0.25) is 9.48 Å². The summed E-state index contributed by atoms with van der Waals surface area (Å²) >= 11 is 0. The molecule has 12 heteroatoms. The normalized spacial score (nSPS) is 17.8. The lowest BCUT2D eigenvalue weighted by Gasteiger charge is -2.27. The first-order valence-electron chi connectivity index (χ1n) is 12.0. The Morgan fingerprint density at radius 2 is 2.11 bits per heavy atom. The van der Waals surface area contributed by atoms with Gasteiger partial charge < -0.3 is 20.3 Å². The van der Waals surface area contributed by atoms with E-state index in [0.717, 1.165) is 37.1 Å². The fourth-order valence-electron chi connectivity index (χ4n) is 4.68. The van der Waals surface area contributed by atoms with E-state index in [1.807, 2.05) is 10.9 Å². The molecule has 2 aliphatic rings. The number of hydrogen-bond acceptors (Lipinski definition) is 8. The number of nitrogens with one attached hydrogen (secondary N) is 2. The Hall–Kier alpha value is -3.90. The van der Waals surface area contributed by atoms with Gasteiger partial charge in [-0.1, -0.05) is 7.43 Å². The monoisotopic (exact) mass is 507 g/mol. The van der Waals surface area contributed by atoms with Crippen molar-refractivity contribution in [2.24, 2.45) is 5.92 Å². The molecule has 0 bridgehead atoms. The summed E-state index contributed by atoms with van der Waals surface area (Å²) in [5, 5.41) is 16.2. The van der Waals surface area contributed by atoms with Gasteiger partial charge in [0.2, 0.25) is 5.95 Å². The highest BCUT2D eigenvalue weighted by molar-refractivity contribution is 5.94. The summed E-state index contributed by atoms with van der Waals surface area (Å²) in [6, 6.07) is 4.60. The van der Waals surface area contributed by atoms with Gasteiger partial charge in [-0.2, -0.15) is 15.2 Å². The second-order valence-corrected chi connectivity index (χ2v) is 9.13. The molecular weight excluding hydrogens is 477 g/mol. The summed E-state index contributed by atoms with van der Waals surface area (Å²) in [5.74, 6) is 0.407. The van der Waals surface area contributed by atoms with Gasteiger partial charge in [0, 0.05) is 31.2 Å². The SMILES string of the molecule is C.O=C1COCCN1c1cc(F)cc(Cn2ncc3cnc(Nc4cnn(CC5CCNC5)c4)nc32)c1. The van der Waals surface area contributed by atoms with E-state index in [-0.39, 0.29) is 26.5 Å². The predicted octanol–water partition coefficient (Wildman–Crippen LogP) is 2.56. The van der Waals surface area contributed by atoms with E-state index in [4.69, 9.17) is 4.74 Å². The lowest BCUT2D eigenvalue weighted by Crippen LogP contribution is -2.41. The largest absolute Gasteiger partial charge is 0.370 e. The first-order valence-corrected chi connectivity index (χ1v) is 12.0.